The Morgan fingerprint density at radius 3 is 2.89 bits per heavy atom. The van der Waals surface area contributed by atoms with E-state index in [0.29, 0.717) is 17.2 Å². The van der Waals surface area contributed by atoms with Crippen LogP contribution in [0.5, 0.6) is 0 Å². The Hall–Kier alpha value is -2.14. The first-order valence-electron chi connectivity index (χ1n) is 5.20. The minimum absolute atomic E-state index is 0.0443. The molecule has 2 aromatic heterocycles. The zero-order valence-corrected chi connectivity index (χ0v) is 9.89. The molecule has 0 aliphatic rings. The van der Waals surface area contributed by atoms with Gasteiger partial charge >= 0.3 is 0 Å². The van der Waals surface area contributed by atoms with Gasteiger partial charge in [-0.2, -0.15) is 0 Å². The summed E-state index contributed by atoms with van der Waals surface area (Å²) in [5, 5.41) is 0.0443. The molecule has 6 heteroatoms. The largest absolute Gasteiger partial charge is 0.369 e. The van der Waals surface area contributed by atoms with Gasteiger partial charge in [0.05, 0.1) is 22.4 Å². The SMILES string of the molecule is Nc1nc2cnccc2n1-c1ccc(F)c(Cl)c1. The Kier molecular flexibility index (Phi) is 2.41. The molecule has 4 nitrogen and oxygen atoms in total. The standard InChI is InChI=1S/C12H8ClFN4/c13-8-5-7(1-2-9(8)14)18-11-3-4-16-6-10(11)17-12(18)15/h1-6H,(H2,15,17). The highest BCUT2D eigenvalue weighted by atomic mass is 35.5. The number of imidazole rings is 1. The van der Waals surface area contributed by atoms with Gasteiger partial charge in [0, 0.05) is 6.20 Å². The lowest BCUT2D eigenvalue weighted by Crippen LogP contribution is -2.00. The summed E-state index contributed by atoms with van der Waals surface area (Å²) in [4.78, 5) is 8.16. The fourth-order valence-electron chi connectivity index (χ4n) is 1.85. The molecular formula is C12H8ClFN4. The first-order valence-corrected chi connectivity index (χ1v) is 5.58. The zero-order chi connectivity index (χ0) is 12.7. The molecule has 0 bridgehead atoms. The van der Waals surface area contributed by atoms with Gasteiger partial charge in [0.25, 0.3) is 0 Å². The van der Waals surface area contributed by atoms with Crippen LogP contribution in [0.25, 0.3) is 16.7 Å². The summed E-state index contributed by atoms with van der Waals surface area (Å²) in [5.41, 5.74) is 7.99. The van der Waals surface area contributed by atoms with E-state index in [4.69, 9.17) is 17.3 Å². The third-order valence-electron chi connectivity index (χ3n) is 2.64. The number of benzene rings is 1. The molecule has 0 radical (unpaired) electrons. The molecule has 2 heterocycles. The van der Waals surface area contributed by atoms with E-state index in [2.05, 4.69) is 9.97 Å². The number of nitrogen functional groups attached to an aromatic ring is 1. The molecule has 1 aromatic carbocycles. The van der Waals surface area contributed by atoms with Crippen LogP contribution in [0, 0.1) is 5.82 Å². The number of anilines is 1. The lowest BCUT2D eigenvalue weighted by Gasteiger charge is -2.07. The highest BCUT2D eigenvalue weighted by molar-refractivity contribution is 6.30. The molecule has 0 saturated carbocycles. The van der Waals surface area contributed by atoms with E-state index >= 15 is 0 Å². The lowest BCUT2D eigenvalue weighted by atomic mass is 10.3. The van der Waals surface area contributed by atoms with Crippen LogP contribution < -0.4 is 5.73 Å². The predicted molar refractivity (Wildman–Crippen MR) is 68.2 cm³/mol. The monoisotopic (exact) mass is 262 g/mol. The van der Waals surface area contributed by atoms with Gasteiger partial charge in [-0.1, -0.05) is 11.6 Å². The zero-order valence-electron chi connectivity index (χ0n) is 9.14. The fraction of sp³-hybridized carbons (Fsp3) is 0. The van der Waals surface area contributed by atoms with Crippen LogP contribution in [0.2, 0.25) is 5.02 Å². The van der Waals surface area contributed by atoms with Crippen LogP contribution in [-0.2, 0) is 0 Å². The molecule has 90 valence electrons. The Morgan fingerprint density at radius 2 is 2.11 bits per heavy atom. The number of hydrogen-bond acceptors (Lipinski definition) is 3. The first-order chi connectivity index (χ1) is 8.66. The Morgan fingerprint density at radius 1 is 1.28 bits per heavy atom. The van der Waals surface area contributed by atoms with Gasteiger partial charge in [0.1, 0.15) is 11.3 Å². The summed E-state index contributed by atoms with van der Waals surface area (Å²) in [5.74, 6) is -0.161. The number of aromatic nitrogens is 3. The first kappa shape index (κ1) is 11.0. The van der Waals surface area contributed by atoms with E-state index in [1.807, 2.05) is 0 Å². The summed E-state index contributed by atoms with van der Waals surface area (Å²) in [6.45, 7) is 0. The van der Waals surface area contributed by atoms with Gasteiger partial charge in [0.15, 0.2) is 0 Å². The van der Waals surface area contributed by atoms with Gasteiger partial charge in [-0.15, -0.1) is 0 Å². The van der Waals surface area contributed by atoms with E-state index in [1.165, 1.54) is 12.1 Å². The normalized spacial score (nSPS) is 11.0. The molecule has 2 N–H and O–H groups in total. The van der Waals surface area contributed by atoms with E-state index in [1.54, 1.807) is 29.1 Å². The van der Waals surface area contributed by atoms with Crippen molar-refractivity contribution in [3.63, 3.8) is 0 Å². The third kappa shape index (κ3) is 1.60. The Balaban J connectivity index is 2.30. The number of rotatable bonds is 1. The summed E-state index contributed by atoms with van der Waals surface area (Å²) in [7, 11) is 0. The molecule has 0 spiro atoms. The molecule has 3 aromatic rings. The predicted octanol–water partition coefficient (Wildman–Crippen LogP) is 2.80. The average molecular weight is 263 g/mol. The van der Waals surface area contributed by atoms with Crippen molar-refractivity contribution in [3.05, 3.63) is 47.5 Å². The lowest BCUT2D eigenvalue weighted by molar-refractivity contribution is 0.628. The molecule has 3 rings (SSSR count). The maximum Gasteiger partial charge on any atom is 0.205 e. The molecule has 0 unspecified atom stereocenters. The average Bonchev–Trinajstić information content (AvgIpc) is 2.69. The number of nitrogens with zero attached hydrogens (tertiary/aromatic N) is 3. The highest BCUT2D eigenvalue weighted by Crippen LogP contribution is 2.25. The van der Waals surface area contributed by atoms with Gasteiger partial charge in [-0.3, -0.25) is 9.55 Å². The number of halogens is 2. The van der Waals surface area contributed by atoms with Gasteiger partial charge < -0.3 is 5.73 Å². The van der Waals surface area contributed by atoms with Crippen LogP contribution in [0.3, 0.4) is 0 Å². The van der Waals surface area contributed by atoms with E-state index in [-0.39, 0.29) is 5.02 Å². The van der Waals surface area contributed by atoms with Gasteiger partial charge in [-0.25, -0.2) is 9.37 Å². The van der Waals surface area contributed by atoms with Crippen LogP contribution >= 0.6 is 11.6 Å². The van der Waals surface area contributed by atoms with Crippen molar-refractivity contribution in [1.82, 2.24) is 14.5 Å². The third-order valence-corrected chi connectivity index (χ3v) is 2.93. The van der Waals surface area contributed by atoms with E-state index in [9.17, 15) is 4.39 Å². The molecule has 18 heavy (non-hydrogen) atoms. The van der Waals surface area contributed by atoms with Crippen molar-refractivity contribution in [2.24, 2.45) is 0 Å². The number of hydrogen-bond donors (Lipinski definition) is 1. The highest BCUT2D eigenvalue weighted by Gasteiger charge is 2.11. The molecule has 0 atom stereocenters. The summed E-state index contributed by atoms with van der Waals surface area (Å²) < 4.78 is 14.9. The van der Waals surface area contributed by atoms with Crippen LogP contribution in [0.1, 0.15) is 0 Å². The van der Waals surface area contributed by atoms with E-state index in [0.717, 1.165) is 5.52 Å². The molecule has 0 fully saturated rings. The van der Waals surface area contributed by atoms with Crippen molar-refractivity contribution in [1.29, 1.82) is 0 Å². The summed E-state index contributed by atoms with van der Waals surface area (Å²) in [6, 6.07) is 6.19. The van der Waals surface area contributed by atoms with Crippen molar-refractivity contribution in [3.8, 4) is 5.69 Å². The second-order valence-corrected chi connectivity index (χ2v) is 4.18. The minimum atomic E-state index is -0.468. The van der Waals surface area contributed by atoms with Gasteiger partial charge in [0.2, 0.25) is 5.95 Å². The molecule has 0 amide bonds. The Labute approximate surface area is 107 Å². The smallest absolute Gasteiger partial charge is 0.205 e. The molecular weight excluding hydrogens is 255 g/mol. The van der Waals surface area contributed by atoms with E-state index < -0.39 is 5.82 Å². The fourth-order valence-corrected chi connectivity index (χ4v) is 2.02. The summed E-state index contributed by atoms with van der Waals surface area (Å²) in [6.07, 6.45) is 3.26. The van der Waals surface area contributed by atoms with Crippen molar-refractivity contribution in [2.75, 3.05) is 5.73 Å². The molecule has 0 saturated heterocycles. The minimum Gasteiger partial charge on any atom is -0.369 e. The van der Waals surface area contributed by atoms with Gasteiger partial charge in [-0.05, 0) is 24.3 Å². The van der Waals surface area contributed by atoms with Crippen LogP contribution in [-0.4, -0.2) is 14.5 Å². The van der Waals surface area contributed by atoms with Crippen molar-refractivity contribution < 1.29 is 4.39 Å². The topological polar surface area (TPSA) is 56.7 Å². The Bertz CT molecular complexity index is 738. The quantitative estimate of drug-likeness (QED) is 0.734. The second kappa shape index (κ2) is 3.96. The molecule has 0 aliphatic carbocycles. The van der Waals surface area contributed by atoms with Crippen LogP contribution in [0.15, 0.2) is 36.7 Å². The second-order valence-electron chi connectivity index (χ2n) is 3.77. The maximum absolute atomic E-state index is 13.2. The van der Waals surface area contributed by atoms with Crippen molar-refractivity contribution >= 4 is 28.6 Å². The van der Waals surface area contributed by atoms with Crippen molar-refractivity contribution in [2.45, 2.75) is 0 Å². The number of nitrogens with two attached hydrogens (primary N) is 1. The van der Waals surface area contributed by atoms with Crippen LogP contribution in [0.4, 0.5) is 10.3 Å². The number of pyridine rings is 1. The summed E-state index contributed by atoms with van der Waals surface area (Å²) >= 11 is 5.77. The molecule has 0 aliphatic heterocycles. The maximum atomic E-state index is 13.2. The number of fused-ring (bicyclic) bond motifs is 1.